The van der Waals surface area contributed by atoms with Gasteiger partial charge in [-0.05, 0) is 12.8 Å². The lowest BCUT2D eigenvalue weighted by molar-refractivity contribution is -0.241. The molecule has 0 bridgehead atoms. The standard InChI is InChI=1S/C17H30F4O2/c1-3-5-7-8-9-10-11-13-16(18,17(19,20)21)15(22)23-14-12-6-4-2/h3-14H2,1-2H3. The van der Waals surface area contributed by atoms with E-state index in [0.717, 1.165) is 44.9 Å². The van der Waals surface area contributed by atoms with Crippen LogP contribution in [0.4, 0.5) is 17.6 Å². The number of unbranched alkanes of at least 4 members (excludes halogenated alkanes) is 8. The van der Waals surface area contributed by atoms with Gasteiger partial charge in [0.25, 0.3) is 0 Å². The number of carbonyl (C=O) groups excluding carboxylic acids is 1. The van der Waals surface area contributed by atoms with Crippen molar-refractivity contribution in [3.05, 3.63) is 0 Å². The van der Waals surface area contributed by atoms with Gasteiger partial charge in [-0.1, -0.05) is 65.2 Å². The normalized spacial score (nSPS) is 14.5. The lowest BCUT2D eigenvalue weighted by Gasteiger charge is -2.25. The summed E-state index contributed by atoms with van der Waals surface area (Å²) in [5, 5.41) is 0. The van der Waals surface area contributed by atoms with E-state index in [0.29, 0.717) is 12.8 Å². The first kappa shape index (κ1) is 22.2. The highest BCUT2D eigenvalue weighted by Gasteiger charge is 2.62. The topological polar surface area (TPSA) is 26.3 Å². The fraction of sp³-hybridized carbons (Fsp3) is 0.941. The molecule has 0 aliphatic rings. The van der Waals surface area contributed by atoms with E-state index in [4.69, 9.17) is 0 Å². The minimum Gasteiger partial charge on any atom is -0.463 e. The van der Waals surface area contributed by atoms with Gasteiger partial charge in [0.05, 0.1) is 6.61 Å². The first-order valence-electron chi connectivity index (χ1n) is 8.72. The molecule has 0 saturated heterocycles. The Hall–Kier alpha value is -0.810. The number of rotatable bonds is 13. The van der Waals surface area contributed by atoms with Gasteiger partial charge in [0.15, 0.2) is 0 Å². The predicted molar refractivity (Wildman–Crippen MR) is 83.0 cm³/mol. The van der Waals surface area contributed by atoms with Crippen LogP contribution >= 0.6 is 0 Å². The summed E-state index contributed by atoms with van der Waals surface area (Å²) in [7, 11) is 0. The average Bonchev–Trinajstić information content (AvgIpc) is 2.49. The van der Waals surface area contributed by atoms with Gasteiger partial charge in [0, 0.05) is 6.42 Å². The molecule has 0 fully saturated rings. The van der Waals surface area contributed by atoms with Crippen molar-refractivity contribution >= 4 is 5.97 Å². The van der Waals surface area contributed by atoms with Crippen LogP contribution in [-0.2, 0) is 9.53 Å². The minimum atomic E-state index is -5.23. The van der Waals surface area contributed by atoms with Crippen LogP contribution in [0.15, 0.2) is 0 Å². The maximum absolute atomic E-state index is 14.2. The van der Waals surface area contributed by atoms with E-state index in [1.807, 2.05) is 6.92 Å². The Bertz CT molecular complexity index is 318. The number of carbonyl (C=O) groups is 1. The Kier molecular flexibility index (Phi) is 11.3. The summed E-state index contributed by atoms with van der Waals surface area (Å²) in [6, 6.07) is 0. The molecule has 0 spiro atoms. The molecule has 0 saturated carbocycles. The molecule has 23 heavy (non-hydrogen) atoms. The van der Waals surface area contributed by atoms with E-state index in [1.165, 1.54) is 0 Å². The van der Waals surface area contributed by atoms with Crippen molar-refractivity contribution in [2.24, 2.45) is 0 Å². The van der Waals surface area contributed by atoms with Gasteiger partial charge in [-0.2, -0.15) is 13.2 Å². The Morgan fingerprint density at radius 3 is 1.78 bits per heavy atom. The predicted octanol–water partition coefficient (Wildman–Crippen LogP) is 6.13. The van der Waals surface area contributed by atoms with E-state index < -0.39 is 24.2 Å². The maximum Gasteiger partial charge on any atom is 0.433 e. The van der Waals surface area contributed by atoms with E-state index in [1.54, 1.807) is 0 Å². The molecule has 2 nitrogen and oxygen atoms in total. The van der Waals surface area contributed by atoms with Gasteiger partial charge in [-0.3, -0.25) is 0 Å². The number of halogens is 4. The summed E-state index contributed by atoms with van der Waals surface area (Å²) in [4.78, 5) is 11.6. The van der Waals surface area contributed by atoms with E-state index in [2.05, 4.69) is 11.7 Å². The van der Waals surface area contributed by atoms with Gasteiger partial charge >= 0.3 is 17.8 Å². The zero-order valence-electron chi connectivity index (χ0n) is 14.3. The molecule has 6 heteroatoms. The zero-order chi connectivity index (χ0) is 17.8. The minimum absolute atomic E-state index is 0.0339. The summed E-state index contributed by atoms with van der Waals surface area (Å²) in [5.74, 6) is -1.79. The van der Waals surface area contributed by atoms with Gasteiger partial charge in [0.2, 0.25) is 0 Å². The molecule has 0 N–H and O–H groups in total. The average molecular weight is 342 g/mol. The lowest BCUT2D eigenvalue weighted by atomic mass is 9.96. The summed E-state index contributed by atoms with van der Waals surface area (Å²) in [5.41, 5.74) is -3.87. The number of esters is 1. The van der Waals surface area contributed by atoms with Gasteiger partial charge < -0.3 is 4.74 Å². The third kappa shape index (κ3) is 8.56. The van der Waals surface area contributed by atoms with Crippen LogP contribution in [0, 0.1) is 0 Å². The fourth-order valence-electron chi connectivity index (χ4n) is 2.32. The molecule has 0 radical (unpaired) electrons. The van der Waals surface area contributed by atoms with Crippen molar-refractivity contribution in [3.63, 3.8) is 0 Å². The third-order valence-electron chi connectivity index (χ3n) is 3.88. The van der Waals surface area contributed by atoms with Crippen LogP contribution in [0.25, 0.3) is 0 Å². The smallest absolute Gasteiger partial charge is 0.433 e. The molecule has 0 amide bonds. The monoisotopic (exact) mass is 342 g/mol. The first-order valence-corrected chi connectivity index (χ1v) is 8.72. The molecule has 0 rings (SSSR count). The van der Waals surface area contributed by atoms with Crippen molar-refractivity contribution < 1.29 is 27.1 Å². The molecular weight excluding hydrogens is 312 g/mol. The van der Waals surface area contributed by atoms with E-state index in [-0.39, 0.29) is 13.0 Å². The number of hydrogen-bond donors (Lipinski definition) is 0. The van der Waals surface area contributed by atoms with Crippen molar-refractivity contribution in [2.75, 3.05) is 6.61 Å². The highest BCUT2D eigenvalue weighted by atomic mass is 19.4. The van der Waals surface area contributed by atoms with Crippen LogP contribution in [0.5, 0.6) is 0 Å². The molecule has 0 aliphatic heterocycles. The van der Waals surface area contributed by atoms with Crippen molar-refractivity contribution in [3.8, 4) is 0 Å². The number of hydrogen-bond acceptors (Lipinski definition) is 2. The molecule has 1 atom stereocenters. The van der Waals surface area contributed by atoms with Crippen molar-refractivity contribution in [1.29, 1.82) is 0 Å². The Morgan fingerprint density at radius 1 is 0.783 bits per heavy atom. The molecular formula is C17H30F4O2. The first-order chi connectivity index (χ1) is 10.8. The second-order valence-electron chi connectivity index (χ2n) is 6.01. The second-order valence-corrected chi connectivity index (χ2v) is 6.01. The molecule has 0 aromatic heterocycles. The summed E-state index contributed by atoms with van der Waals surface area (Å²) in [6.07, 6.45) is 1.40. The molecule has 0 aliphatic carbocycles. The van der Waals surface area contributed by atoms with Crippen molar-refractivity contribution in [1.82, 2.24) is 0 Å². The zero-order valence-corrected chi connectivity index (χ0v) is 14.3. The number of alkyl halides is 4. The summed E-state index contributed by atoms with van der Waals surface area (Å²) in [6.45, 7) is 3.83. The Morgan fingerprint density at radius 2 is 1.26 bits per heavy atom. The molecule has 138 valence electrons. The maximum atomic E-state index is 14.2. The van der Waals surface area contributed by atoms with Gasteiger partial charge in [-0.25, -0.2) is 9.18 Å². The highest BCUT2D eigenvalue weighted by Crippen LogP contribution is 2.39. The van der Waals surface area contributed by atoms with Crippen LogP contribution in [0.2, 0.25) is 0 Å². The fourth-order valence-corrected chi connectivity index (χ4v) is 2.32. The highest BCUT2D eigenvalue weighted by molar-refractivity contribution is 5.80. The van der Waals surface area contributed by atoms with Crippen LogP contribution in [-0.4, -0.2) is 24.4 Å². The molecule has 0 aromatic rings. The van der Waals surface area contributed by atoms with Crippen LogP contribution < -0.4 is 0 Å². The van der Waals surface area contributed by atoms with E-state index >= 15 is 0 Å². The third-order valence-corrected chi connectivity index (χ3v) is 3.88. The molecule has 0 aromatic carbocycles. The SMILES string of the molecule is CCCCCCCCCC(F)(C(=O)OCCCCC)C(F)(F)F. The van der Waals surface area contributed by atoms with Crippen LogP contribution in [0.3, 0.4) is 0 Å². The Balaban J connectivity index is 4.30. The van der Waals surface area contributed by atoms with E-state index in [9.17, 15) is 22.4 Å². The van der Waals surface area contributed by atoms with Gasteiger partial charge in [0.1, 0.15) is 0 Å². The summed E-state index contributed by atoms with van der Waals surface area (Å²) < 4.78 is 57.5. The lowest BCUT2D eigenvalue weighted by Crippen LogP contribution is -2.49. The Labute approximate surface area is 137 Å². The largest absolute Gasteiger partial charge is 0.463 e. The van der Waals surface area contributed by atoms with Crippen LogP contribution in [0.1, 0.15) is 84.5 Å². The second kappa shape index (κ2) is 11.7. The van der Waals surface area contributed by atoms with Crippen molar-refractivity contribution in [2.45, 2.75) is 96.3 Å². The molecule has 1 unspecified atom stereocenters. The summed E-state index contributed by atoms with van der Waals surface area (Å²) >= 11 is 0. The molecule has 0 heterocycles. The number of ether oxygens (including phenoxy) is 1. The van der Waals surface area contributed by atoms with Gasteiger partial charge in [-0.15, -0.1) is 0 Å². The quantitative estimate of drug-likeness (QED) is 0.229.